The van der Waals surface area contributed by atoms with Crippen molar-refractivity contribution in [1.29, 1.82) is 0 Å². The Morgan fingerprint density at radius 2 is 1.94 bits per heavy atom. The molecule has 1 aliphatic heterocycles. The minimum Gasteiger partial charge on any atom is -0.316 e. The fourth-order valence-electron chi connectivity index (χ4n) is 1.86. The standard InChI is InChI=1S/C15H18ClN/c1-7-13-8-14(16)9-17(12(13)6)15(10(2)3)11(4)5/h7-9H,1-2,6H2,3-5H3. The minimum absolute atomic E-state index is 0.660. The van der Waals surface area contributed by atoms with Gasteiger partial charge in [-0.3, -0.25) is 0 Å². The van der Waals surface area contributed by atoms with Gasteiger partial charge in [0, 0.05) is 17.6 Å². The van der Waals surface area contributed by atoms with Gasteiger partial charge in [-0.25, -0.2) is 0 Å². The van der Waals surface area contributed by atoms with E-state index in [2.05, 4.69) is 19.7 Å². The Bertz CT molecular complexity index is 471. The molecule has 1 aliphatic rings. The van der Waals surface area contributed by atoms with Crippen molar-refractivity contribution in [2.45, 2.75) is 20.8 Å². The van der Waals surface area contributed by atoms with Crippen molar-refractivity contribution in [2.75, 3.05) is 0 Å². The Kier molecular flexibility index (Phi) is 4.19. The maximum absolute atomic E-state index is 6.11. The molecule has 0 N–H and O–H groups in total. The van der Waals surface area contributed by atoms with Crippen LogP contribution in [-0.4, -0.2) is 4.90 Å². The van der Waals surface area contributed by atoms with Crippen LogP contribution in [0.15, 0.2) is 71.2 Å². The number of allylic oxidation sites excluding steroid dienone is 5. The van der Waals surface area contributed by atoms with E-state index in [0.29, 0.717) is 5.03 Å². The van der Waals surface area contributed by atoms with Gasteiger partial charge in [0.15, 0.2) is 0 Å². The zero-order valence-corrected chi connectivity index (χ0v) is 11.4. The quantitative estimate of drug-likeness (QED) is 0.643. The highest BCUT2D eigenvalue weighted by atomic mass is 35.5. The largest absolute Gasteiger partial charge is 0.316 e. The van der Waals surface area contributed by atoms with Crippen LogP contribution in [-0.2, 0) is 0 Å². The topological polar surface area (TPSA) is 3.24 Å². The van der Waals surface area contributed by atoms with Crippen molar-refractivity contribution < 1.29 is 0 Å². The molecule has 0 radical (unpaired) electrons. The third kappa shape index (κ3) is 2.80. The lowest BCUT2D eigenvalue weighted by Crippen LogP contribution is -2.20. The van der Waals surface area contributed by atoms with Crippen molar-refractivity contribution in [3.05, 3.63) is 71.2 Å². The summed E-state index contributed by atoms with van der Waals surface area (Å²) in [6.45, 7) is 17.9. The second-order valence-electron chi connectivity index (χ2n) is 4.26. The molecule has 0 saturated heterocycles. The molecule has 0 saturated carbocycles. The normalized spacial score (nSPS) is 15.1. The molecule has 1 rings (SSSR count). The molecule has 17 heavy (non-hydrogen) atoms. The van der Waals surface area contributed by atoms with E-state index in [1.165, 1.54) is 5.57 Å². The van der Waals surface area contributed by atoms with E-state index in [1.54, 1.807) is 6.08 Å². The zero-order chi connectivity index (χ0) is 13.2. The van der Waals surface area contributed by atoms with Crippen LogP contribution < -0.4 is 0 Å². The van der Waals surface area contributed by atoms with Gasteiger partial charge < -0.3 is 4.90 Å². The number of rotatable bonds is 3. The number of nitrogens with zero attached hydrogens (tertiary/aromatic N) is 1. The lowest BCUT2D eigenvalue weighted by atomic mass is 10.0. The van der Waals surface area contributed by atoms with Crippen LogP contribution in [0.25, 0.3) is 0 Å². The Labute approximate surface area is 109 Å². The smallest absolute Gasteiger partial charge is 0.0578 e. The van der Waals surface area contributed by atoms with E-state index in [9.17, 15) is 0 Å². The number of hydrogen-bond acceptors (Lipinski definition) is 1. The first kappa shape index (κ1) is 13.6. The van der Waals surface area contributed by atoms with Crippen molar-refractivity contribution in [3.8, 4) is 0 Å². The molecule has 0 fully saturated rings. The average Bonchev–Trinajstić information content (AvgIpc) is 2.21. The third-order valence-electron chi connectivity index (χ3n) is 2.51. The van der Waals surface area contributed by atoms with Crippen LogP contribution in [0.5, 0.6) is 0 Å². The highest BCUT2D eigenvalue weighted by Gasteiger charge is 2.18. The van der Waals surface area contributed by atoms with E-state index < -0.39 is 0 Å². The number of halogens is 1. The van der Waals surface area contributed by atoms with E-state index in [4.69, 9.17) is 11.6 Å². The van der Waals surface area contributed by atoms with E-state index in [-0.39, 0.29) is 0 Å². The van der Waals surface area contributed by atoms with Gasteiger partial charge in [0.2, 0.25) is 0 Å². The molecule has 0 aromatic carbocycles. The molecule has 0 amide bonds. The monoisotopic (exact) mass is 247 g/mol. The Hall–Kier alpha value is -1.47. The molecule has 2 heteroatoms. The molecule has 1 heterocycles. The van der Waals surface area contributed by atoms with Crippen LogP contribution >= 0.6 is 11.6 Å². The molecule has 0 spiro atoms. The van der Waals surface area contributed by atoms with Gasteiger partial charge in [0.1, 0.15) is 0 Å². The van der Waals surface area contributed by atoms with Crippen molar-refractivity contribution in [3.63, 3.8) is 0 Å². The van der Waals surface area contributed by atoms with Crippen molar-refractivity contribution >= 4 is 11.6 Å². The Balaban J connectivity index is 3.30. The third-order valence-corrected chi connectivity index (χ3v) is 2.72. The van der Waals surface area contributed by atoms with Gasteiger partial charge in [0.05, 0.1) is 5.03 Å². The maximum Gasteiger partial charge on any atom is 0.0578 e. The SMILES string of the molecule is C=CC1=CC(Cl)=CN(C(C(=C)C)=C(C)C)C1=C. The first-order chi connectivity index (χ1) is 7.88. The molecule has 0 atom stereocenters. The molecule has 0 aliphatic carbocycles. The summed E-state index contributed by atoms with van der Waals surface area (Å²) >= 11 is 6.11. The summed E-state index contributed by atoms with van der Waals surface area (Å²) in [6, 6.07) is 0. The molecule has 0 unspecified atom stereocenters. The maximum atomic E-state index is 6.11. The molecule has 0 aromatic heterocycles. The van der Waals surface area contributed by atoms with Crippen molar-refractivity contribution in [1.82, 2.24) is 4.90 Å². The summed E-state index contributed by atoms with van der Waals surface area (Å²) in [5.41, 5.74) is 4.99. The molecule has 0 bridgehead atoms. The lowest BCUT2D eigenvalue weighted by Gasteiger charge is -2.30. The summed E-state index contributed by atoms with van der Waals surface area (Å²) in [6.07, 6.45) is 5.47. The van der Waals surface area contributed by atoms with Gasteiger partial charge in [-0.2, -0.15) is 0 Å². The van der Waals surface area contributed by atoms with E-state index >= 15 is 0 Å². The predicted octanol–water partition coefficient (Wildman–Crippen LogP) is 4.88. The second-order valence-corrected chi connectivity index (χ2v) is 4.70. The van der Waals surface area contributed by atoms with E-state index in [1.807, 2.05) is 37.9 Å². The summed E-state index contributed by atoms with van der Waals surface area (Å²) in [7, 11) is 0. The first-order valence-electron chi connectivity index (χ1n) is 5.41. The summed E-state index contributed by atoms with van der Waals surface area (Å²) in [5.74, 6) is 0. The van der Waals surface area contributed by atoms with Gasteiger partial charge in [-0.1, -0.05) is 43.0 Å². The van der Waals surface area contributed by atoms with Crippen LogP contribution in [0.3, 0.4) is 0 Å². The lowest BCUT2D eigenvalue weighted by molar-refractivity contribution is 0.584. The molecule has 90 valence electrons. The van der Waals surface area contributed by atoms with Crippen LogP contribution in [0.4, 0.5) is 0 Å². The van der Waals surface area contributed by atoms with E-state index in [0.717, 1.165) is 22.5 Å². The van der Waals surface area contributed by atoms with Gasteiger partial charge in [-0.05, 0) is 38.0 Å². The Morgan fingerprint density at radius 1 is 1.35 bits per heavy atom. The number of hydrogen-bond donors (Lipinski definition) is 0. The van der Waals surface area contributed by atoms with Gasteiger partial charge in [-0.15, -0.1) is 0 Å². The van der Waals surface area contributed by atoms with Crippen LogP contribution in [0.2, 0.25) is 0 Å². The minimum atomic E-state index is 0.660. The highest BCUT2D eigenvalue weighted by molar-refractivity contribution is 6.31. The van der Waals surface area contributed by atoms with Gasteiger partial charge in [0.25, 0.3) is 0 Å². The summed E-state index contributed by atoms with van der Waals surface area (Å²) in [5, 5.41) is 0.660. The van der Waals surface area contributed by atoms with Crippen LogP contribution in [0.1, 0.15) is 20.8 Å². The molecular weight excluding hydrogens is 230 g/mol. The van der Waals surface area contributed by atoms with Gasteiger partial charge >= 0.3 is 0 Å². The summed E-state index contributed by atoms with van der Waals surface area (Å²) < 4.78 is 0. The fourth-order valence-corrected chi connectivity index (χ4v) is 2.07. The average molecular weight is 248 g/mol. The van der Waals surface area contributed by atoms with Crippen molar-refractivity contribution in [2.24, 2.45) is 0 Å². The molecular formula is C15H18ClN. The first-order valence-corrected chi connectivity index (χ1v) is 5.79. The highest BCUT2D eigenvalue weighted by Crippen LogP contribution is 2.32. The summed E-state index contributed by atoms with van der Waals surface area (Å²) in [4.78, 5) is 1.97. The predicted molar refractivity (Wildman–Crippen MR) is 76.4 cm³/mol. The Morgan fingerprint density at radius 3 is 2.35 bits per heavy atom. The second kappa shape index (κ2) is 5.24. The molecule has 0 aromatic rings. The fraction of sp³-hybridized carbons (Fsp3) is 0.200. The zero-order valence-electron chi connectivity index (χ0n) is 10.7. The molecule has 1 nitrogen and oxygen atoms in total. The van der Waals surface area contributed by atoms with Crippen LogP contribution in [0, 0.1) is 0 Å².